The number of H-pyrrole nitrogens is 2. The highest BCUT2D eigenvalue weighted by Crippen LogP contribution is 2.29. The van der Waals surface area contributed by atoms with Crippen LogP contribution in [0.25, 0.3) is 21.5 Å². The van der Waals surface area contributed by atoms with Gasteiger partial charge in [-0.25, -0.2) is 0 Å². The second-order valence-corrected chi connectivity index (χ2v) is 8.06. The Labute approximate surface area is 161 Å². The van der Waals surface area contributed by atoms with E-state index in [0.717, 1.165) is 38.5 Å². The van der Waals surface area contributed by atoms with Crippen LogP contribution in [0.4, 0.5) is 0 Å². The number of aromatic amines is 2. The number of nitrogens with one attached hydrogen (secondary N) is 2. The molecule has 0 fully saturated rings. The molecular formula is C22H26N2O4. The van der Waals surface area contributed by atoms with Crippen molar-refractivity contribution in [3.8, 4) is 0 Å². The summed E-state index contributed by atoms with van der Waals surface area (Å²) in [7, 11) is 0. The number of hydrogen-bond donors (Lipinski definition) is 2. The molecule has 0 saturated carbocycles. The largest absolute Gasteiger partial charge is 0.288 e. The molecule has 0 spiro atoms. The first kappa shape index (κ1) is 18.8. The molecule has 1 aliphatic rings. The monoisotopic (exact) mass is 382 g/mol. The lowest BCUT2D eigenvalue weighted by Gasteiger charge is -2.11. The van der Waals surface area contributed by atoms with Gasteiger partial charge in [0.1, 0.15) is 0 Å². The molecule has 0 unspecified atom stereocenters. The van der Waals surface area contributed by atoms with E-state index >= 15 is 0 Å². The minimum Gasteiger partial charge on any atom is -0.288 e. The lowest BCUT2D eigenvalue weighted by molar-refractivity contribution is 0.551. The summed E-state index contributed by atoms with van der Waals surface area (Å²) < 4.78 is 0. The van der Waals surface area contributed by atoms with Crippen molar-refractivity contribution in [2.24, 2.45) is 0 Å². The van der Waals surface area contributed by atoms with Crippen LogP contribution in [-0.4, -0.2) is 9.97 Å². The van der Waals surface area contributed by atoms with Crippen LogP contribution in [-0.2, 0) is 12.8 Å². The van der Waals surface area contributed by atoms with Crippen molar-refractivity contribution in [1.82, 2.24) is 9.97 Å². The molecule has 1 aliphatic carbocycles. The van der Waals surface area contributed by atoms with Gasteiger partial charge in [-0.3, -0.25) is 29.1 Å². The van der Waals surface area contributed by atoms with E-state index in [1.165, 1.54) is 25.7 Å². The molecule has 3 aromatic rings. The van der Waals surface area contributed by atoms with E-state index in [0.29, 0.717) is 45.5 Å². The van der Waals surface area contributed by atoms with E-state index in [2.05, 4.69) is 9.97 Å². The highest BCUT2D eigenvalue weighted by atomic mass is 16.2. The van der Waals surface area contributed by atoms with Crippen LogP contribution in [0.1, 0.15) is 75.3 Å². The van der Waals surface area contributed by atoms with Crippen LogP contribution in [0.5, 0.6) is 0 Å². The van der Waals surface area contributed by atoms with Gasteiger partial charge in [0.2, 0.25) is 0 Å². The van der Waals surface area contributed by atoms with Crippen molar-refractivity contribution in [2.75, 3.05) is 0 Å². The number of aryl methyl sites for hydroxylation is 2. The normalized spacial score (nSPS) is 17.6. The Hall–Kier alpha value is -2.50. The molecule has 0 amide bonds. The van der Waals surface area contributed by atoms with Crippen molar-refractivity contribution >= 4 is 21.5 Å². The van der Waals surface area contributed by atoms with Crippen molar-refractivity contribution in [1.29, 1.82) is 0 Å². The lowest BCUT2D eigenvalue weighted by Crippen LogP contribution is -2.08. The van der Waals surface area contributed by atoms with Gasteiger partial charge in [-0.1, -0.05) is 51.4 Å². The van der Waals surface area contributed by atoms with E-state index in [-0.39, 0.29) is 0 Å². The molecule has 1 aromatic carbocycles. The van der Waals surface area contributed by atoms with Crippen LogP contribution >= 0.6 is 0 Å². The Balaban J connectivity index is 1.97. The summed E-state index contributed by atoms with van der Waals surface area (Å²) in [5.74, 6) is 0. The molecule has 2 heterocycles. The third-order valence-corrected chi connectivity index (χ3v) is 6.17. The molecule has 6 nitrogen and oxygen atoms in total. The summed E-state index contributed by atoms with van der Waals surface area (Å²) in [6, 6.07) is 0. The van der Waals surface area contributed by atoms with Crippen molar-refractivity contribution in [3.05, 3.63) is 52.5 Å². The minimum absolute atomic E-state index is 0.329. The third kappa shape index (κ3) is 3.25. The molecule has 6 heteroatoms. The Morgan fingerprint density at radius 3 is 0.929 bits per heavy atom. The van der Waals surface area contributed by atoms with Gasteiger partial charge in [0.25, 0.3) is 22.2 Å². The topological polar surface area (TPSA) is 99.9 Å². The average molecular weight is 382 g/mol. The van der Waals surface area contributed by atoms with Gasteiger partial charge in [-0.15, -0.1) is 0 Å². The molecule has 4 rings (SSSR count). The summed E-state index contributed by atoms with van der Waals surface area (Å²) in [6.07, 6.45) is 11.9. The predicted molar refractivity (Wildman–Crippen MR) is 111 cm³/mol. The van der Waals surface area contributed by atoms with Crippen molar-refractivity contribution < 1.29 is 0 Å². The summed E-state index contributed by atoms with van der Waals surface area (Å²) in [4.78, 5) is 55.0. The maximum atomic E-state index is 12.6. The van der Waals surface area contributed by atoms with E-state index in [1.807, 2.05) is 0 Å². The molecule has 0 saturated heterocycles. The molecule has 2 aromatic heterocycles. The van der Waals surface area contributed by atoms with E-state index in [1.54, 1.807) is 0 Å². The number of hydrogen-bond acceptors (Lipinski definition) is 4. The van der Waals surface area contributed by atoms with Crippen molar-refractivity contribution in [3.63, 3.8) is 0 Å². The zero-order valence-corrected chi connectivity index (χ0v) is 16.1. The van der Waals surface area contributed by atoms with Gasteiger partial charge in [-0.2, -0.15) is 0 Å². The molecule has 2 N–H and O–H groups in total. The Morgan fingerprint density at radius 2 is 0.643 bits per heavy atom. The van der Waals surface area contributed by atoms with Crippen LogP contribution in [0.2, 0.25) is 0 Å². The van der Waals surface area contributed by atoms with Crippen LogP contribution in [0.3, 0.4) is 0 Å². The maximum Gasteiger partial charge on any atom is 0.259 e. The molecule has 148 valence electrons. The van der Waals surface area contributed by atoms with Crippen LogP contribution in [0, 0.1) is 0 Å². The smallest absolute Gasteiger partial charge is 0.259 e. The Bertz CT molecular complexity index is 1040. The number of aromatic nitrogens is 2. The number of fused-ring (bicyclic) bond motifs is 3. The van der Waals surface area contributed by atoms with E-state index < -0.39 is 22.2 Å². The average Bonchev–Trinajstić information content (AvgIpc) is 3.11. The SMILES string of the molecule is O=c1[nH]c(=O)c2c3c4c(=O)[nH]c(=O)c4c(c12)CCCCCCCCCCCC3. The lowest BCUT2D eigenvalue weighted by atomic mass is 9.90. The van der Waals surface area contributed by atoms with Gasteiger partial charge in [0.05, 0.1) is 21.5 Å². The summed E-state index contributed by atoms with van der Waals surface area (Å²) in [5, 5.41) is 1.32. The van der Waals surface area contributed by atoms with E-state index in [4.69, 9.17) is 0 Å². The fraction of sp³-hybridized carbons (Fsp3) is 0.545. The Kier molecular flexibility index (Phi) is 5.29. The molecule has 0 radical (unpaired) electrons. The predicted octanol–water partition coefficient (Wildman–Crippen LogP) is 2.97. The molecule has 0 aliphatic heterocycles. The zero-order valence-electron chi connectivity index (χ0n) is 16.1. The van der Waals surface area contributed by atoms with Gasteiger partial charge in [-0.05, 0) is 36.8 Å². The maximum absolute atomic E-state index is 12.6. The van der Waals surface area contributed by atoms with Crippen LogP contribution < -0.4 is 22.2 Å². The van der Waals surface area contributed by atoms with Gasteiger partial charge < -0.3 is 0 Å². The molecule has 28 heavy (non-hydrogen) atoms. The van der Waals surface area contributed by atoms with Gasteiger partial charge >= 0.3 is 0 Å². The van der Waals surface area contributed by atoms with E-state index in [9.17, 15) is 19.2 Å². The fourth-order valence-electron chi connectivity index (χ4n) is 4.83. The fourth-order valence-corrected chi connectivity index (χ4v) is 4.83. The molecular weight excluding hydrogens is 356 g/mol. The number of rotatable bonds is 0. The molecule has 0 atom stereocenters. The second kappa shape index (κ2) is 7.86. The summed E-state index contributed by atoms with van der Waals surface area (Å²) in [6.45, 7) is 0. The highest BCUT2D eigenvalue weighted by molar-refractivity contribution is 6.05. The highest BCUT2D eigenvalue weighted by Gasteiger charge is 2.24. The van der Waals surface area contributed by atoms with Gasteiger partial charge in [0, 0.05) is 0 Å². The molecule has 2 bridgehead atoms. The third-order valence-electron chi connectivity index (χ3n) is 6.17. The second-order valence-electron chi connectivity index (χ2n) is 8.06. The first-order valence-corrected chi connectivity index (χ1v) is 10.5. The number of benzene rings is 1. The minimum atomic E-state index is -0.438. The van der Waals surface area contributed by atoms with Crippen LogP contribution in [0.15, 0.2) is 19.2 Å². The first-order chi connectivity index (χ1) is 13.6. The summed E-state index contributed by atoms with van der Waals surface area (Å²) >= 11 is 0. The standard InChI is InChI=1S/C22H26N2O4/c25-19-15-13-11-9-7-5-3-1-2-4-6-8-10-12-14(17(15)21(27)23-19)18-16(13)20(26)24-22(18)28/h1-12H2,(H,23,25,27)(H,24,26,28). The zero-order chi connectivity index (χ0) is 19.7. The summed E-state index contributed by atoms with van der Waals surface area (Å²) in [5.41, 5.74) is -0.598. The quantitative estimate of drug-likeness (QED) is 0.624. The Morgan fingerprint density at radius 1 is 0.393 bits per heavy atom. The van der Waals surface area contributed by atoms with Crippen molar-refractivity contribution in [2.45, 2.75) is 77.0 Å². The first-order valence-electron chi connectivity index (χ1n) is 10.5. The van der Waals surface area contributed by atoms with Gasteiger partial charge in [0.15, 0.2) is 0 Å².